The molecule has 9 heteroatoms. The average molecular weight is 291 g/mol. The minimum atomic E-state index is -1.84. The Hall–Kier alpha value is -1.26. The van der Waals surface area contributed by atoms with E-state index in [-0.39, 0.29) is 13.0 Å². The average Bonchev–Trinajstić information content (AvgIpc) is 2.74. The van der Waals surface area contributed by atoms with Crippen molar-refractivity contribution in [2.24, 2.45) is 5.73 Å². The molecule has 2 heterocycles. The molecule has 9 nitrogen and oxygen atoms in total. The fourth-order valence-corrected chi connectivity index (χ4v) is 2.61. The predicted octanol–water partition coefficient (Wildman–Crippen LogP) is -2.48. The molecule has 6 atom stereocenters. The molecule has 0 aromatic heterocycles. The van der Waals surface area contributed by atoms with Crippen LogP contribution in [0.3, 0.4) is 0 Å². The fraction of sp³-hybridized carbons (Fsp3) is 0.818. The van der Waals surface area contributed by atoms with Gasteiger partial charge in [0.05, 0.1) is 12.7 Å². The van der Waals surface area contributed by atoms with Gasteiger partial charge in [-0.3, -0.25) is 4.79 Å². The highest BCUT2D eigenvalue weighted by Crippen LogP contribution is 2.40. The van der Waals surface area contributed by atoms with Crippen LogP contribution in [-0.4, -0.2) is 75.0 Å². The summed E-state index contributed by atoms with van der Waals surface area (Å²) in [6.07, 6.45) is -4.76. The molecule has 2 aliphatic rings. The molecule has 0 aliphatic carbocycles. The van der Waals surface area contributed by atoms with Crippen LogP contribution in [0, 0.1) is 0 Å². The smallest absolute Gasteiger partial charge is 0.336 e. The first-order valence-corrected chi connectivity index (χ1v) is 6.14. The van der Waals surface area contributed by atoms with Crippen LogP contribution >= 0.6 is 0 Å². The van der Waals surface area contributed by atoms with Crippen molar-refractivity contribution in [3.63, 3.8) is 0 Å². The molecule has 0 spiro atoms. The summed E-state index contributed by atoms with van der Waals surface area (Å²) in [5.74, 6) is -2.71. The summed E-state index contributed by atoms with van der Waals surface area (Å²) in [7, 11) is 0. The Balaban J connectivity index is 2.20. The van der Waals surface area contributed by atoms with Crippen molar-refractivity contribution >= 4 is 11.9 Å². The Kier molecular flexibility index (Phi) is 3.98. The number of hydrogen-bond donors (Lipinski definition) is 5. The number of carboxylic acid groups (broad SMARTS) is 2. The molecule has 3 unspecified atom stereocenters. The van der Waals surface area contributed by atoms with Gasteiger partial charge in [-0.15, -0.1) is 0 Å². The zero-order valence-electron chi connectivity index (χ0n) is 10.5. The van der Waals surface area contributed by atoms with E-state index in [0.717, 1.165) is 0 Å². The lowest BCUT2D eigenvalue weighted by Gasteiger charge is -2.33. The number of aliphatic hydroxyl groups excluding tert-OH is 2. The van der Waals surface area contributed by atoms with E-state index >= 15 is 0 Å². The van der Waals surface area contributed by atoms with E-state index in [9.17, 15) is 24.9 Å². The first kappa shape index (κ1) is 15.1. The summed E-state index contributed by atoms with van der Waals surface area (Å²) < 4.78 is 10.6. The molecular weight excluding hydrogens is 274 g/mol. The van der Waals surface area contributed by atoms with E-state index in [1.54, 1.807) is 0 Å². The van der Waals surface area contributed by atoms with Gasteiger partial charge in [0, 0.05) is 12.8 Å². The van der Waals surface area contributed by atoms with Gasteiger partial charge in [0.15, 0.2) is 5.60 Å². The van der Waals surface area contributed by atoms with Crippen molar-refractivity contribution in [2.75, 3.05) is 6.61 Å². The maximum Gasteiger partial charge on any atom is 0.336 e. The summed E-state index contributed by atoms with van der Waals surface area (Å²) in [5.41, 5.74) is 3.54. The highest BCUT2D eigenvalue weighted by Gasteiger charge is 2.57. The van der Waals surface area contributed by atoms with Gasteiger partial charge in [0.2, 0.25) is 0 Å². The maximum atomic E-state index is 11.4. The van der Waals surface area contributed by atoms with Crippen molar-refractivity contribution in [3.05, 3.63) is 0 Å². The van der Waals surface area contributed by atoms with Gasteiger partial charge in [-0.2, -0.15) is 0 Å². The minimum absolute atomic E-state index is 0.127. The number of carbonyl (C=O) groups is 2. The third-order valence-electron chi connectivity index (χ3n) is 3.73. The SMILES string of the molecule is NC(C[C@]1(C(=O)O)CC2OC[C@@H](O)[C@@H](O)C2O1)C(=O)O. The van der Waals surface area contributed by atoms with Crippen LogP contribution in [0.4, 0.5) is 0 Å². The van der Waals surface area contributed by atoms with E-state index in [1.165, 1.54) is 0 Å². The summed E-state index contributed by atoms with van der Waals surface area (Å²) >= 11 is 0. The van der Waals surface area contributed by atoms with E-state index in [1.807, 2.05) is 0 Å². The lowest BCUT2D eigenvalue weighted by Crippen LogP contribution is -2.51. The van der Waals surface area contributed by atoms with Crippen molar-refractivity contribution < 1.29 is 39.5 Å². The molecule has 0 radical (unpaired) electrons. The second kappa shape index (κ2) is 5.26. The Morgan fingerprint density at radius 2 is 2.00 bits per heavy atom. The van der Waals surface area contributed by atoms with Crippen molar-refractivity contribution in [2.45, 2.75) is 48.9 Å². The van der Waals surface area contributed by atoms with Crippen LogP contribution < -0.4 is 5.73 Å². The number of ether oxygens (including phenoxy) is 2. The number of carboxylic acids is 2. The zero-order valence-corrected chi connectivity index (χ0v) is 10.5. The number of nitrogens with two attached hydrogens (primary N) is 1. The lowest BCUT2D eigenvalue weighted by atomic mass is 9.89. The zero-order chi connectivity index (χ0) is 15.1. The molecule has 0 aromatic rings. The number of fused-ring (bicyclic) bond motifs is 1. The Morgan fingerprint density at radius 1 is 1.35 bits per heavy atom. The Labute approximate surface area is 113 Å². The molecule has 0 amide bonds. The van der Waals surface area contributed by atoms with Crippen LogP contribution in [0.5, 0.6) is 0 Å². The highest BCUT2D eigenvalue weighted by atomic mass is 16.6. The van der Waals surface area contributed by atoms with Crippen molar-refractivity contribution in [1.29, 1.82) is 0 Å². The molecule has 2 rings (SSSR count). The van der Waals surface area contributed by atoms with E-state index < -0.39 is 54.4 Å². The Morgan fingerprint density at radius 3 is 2.55 bits per heavy atom. The summed E-state index contributed by atoms with van der Waals surface area (Å²) in [6, 6.07) is -1.41. The molecule has 0 aromatic carbocycles. The molecule has 2 fully saturated rings. The summed E-state index contributed by atoms with van der Waals surface area (Å²) in [4.78, 5) is 22.2. The van der Waals surface area contributed by atoms with Gasteiger partial charge < -0.3 is 35.6 Å². The molecule has 6 N–H and O–H groups in total. The van der Waals surface area contributed by atoms with E-state index in [4.69, 9.17) is 20.3 Å². The molecule has 20 heavy (non-hydrogen) atoms. The molecule has 114 valence electrons. The third kappa shape index (κ3) is 2.50. The standard InChI is InChI=1S/C11H17NO8/c12-4(9(15)16)1-11(10(17)18)2-6-8(20-11)7(14)5(13)3-19-6/h4-8,13-14H,1-3,12H2,(H,15,16)(H,17,18)/t4?,5-,6?,7-,8?,11-/m1/s1. The fourth-order valence-electron chi connectivity index (χ4n) is 2.61. The van der Waals surface area contributed by atoms with E-state index in [0.29, 0.717) is 0 Å². The topological polar surface area (TPSA) is 160 Å². The van der Waals surface area contributed by atoms with Crippen molar-refractivity contribution in [3.8, 4) is 0 Å². The largest absolute Gasteiger partial charge is 0.480 e. The van der Waals surface area contributed by atoms with E-state index in [2.05, 4.69) is 0 Å². The molecule has 0 saturated carbocycles. The minimum Gasteiger partial charge on any atom is -0.480 e. The molecule has 2 saturated heterocycles. The van der Waals surface area contributed by atoms with Gasteiger partial charge in [0.1, 0.15) is 24.4 Å². The van der Waals surface area contributed by atoms with Crippen molar-refractivity contribution in [1.82, 2.24) is 0 Å². The summed E-state index contributed by atoms with van der Waals surface area (Å²) in [5, 5.41) is 37.4. The molecular formula is C11H17NO8. The van der Waals surface area contributed by atoms with Crippen LogP contribution in [0.25, 0.3) is 0 Å². The quantitative estimate of drug-likeness (QED) is 0.378. The first-order valence-electron chi connectivity index (χ1n) is 6.14. The first-order chi connectivity index (χ1) is 9.27. The second-order valence-corrected chi connectivity index (χ2v) is 5.16. The molecule has 2 aliphatic heterocycles. The maximum absolute atomic E-state index is 11.4. The van der Waals surface area contributed by atoms with Gasteiger partial charge in [-0.25, -0.2) is 4.79 Å². The van der Waals surface area contributed by atoms with Crippen LogP contribution in [0.1, 0.15) is 12.8 Å². The van der Waals surface area contributed by atoms with Crippen LogP contribution in [0.2, 0.25) is 0 Å². The third-order valence-corrected chi connectivity index (χ3v) is 3.73. The van der Waals surface area contributed by atoms with Gasteiger partial charge in [0.25, 0.3) is 0 Å². The van der Waals surface area contributed by atoms with Gasteiger partial charge in [-0.1, -0.05) is 0 Å². The Bertz CT molecular complexity index is 415. The van der Waals surface area contributed by atoms with Gasteiger partial charge in [-0.05, 0) is 0 Å². The van der Waals surface area contributed by atoms with Crippen LogP contribution in [-0.2, 0) is 19.1 Å². The number of rotatable bonds is 4. The number of aliphatic hydroxyl groups is 2. The molecule has 0 bridgehead atoms. The predicted molar refractivity (Wildman–Crippen MR) is 61.8 cm³/mol. The summed E-state index contributed by atoms with van der Waals surface area (Å²) in [6.45, 7) is -0.133. The normalized spacial score (nSPS) is 42.0. The highest BCUT2D eigenvalue weighted by molar-refractivity contribution is 5.80. The number of hydrogen-bond acceptors (Lipinski definition) is 7. The number of aliphatic carboxylic acids is 2. The van der Waals surface area contributed by atoms with Crippen LogP contribution in [0.15, 0.2) is 0 Å². The van der Waals surface area contributed by atoms with Gasteiger partial charge >= 0.3 is 11.9 Å². The lowest BCUT2D eigenvalue weighted by molar-refractivity contribution is -0.197. The second-order valence-electron chi connectivity index (χ2n) is 5.16. The monoisotopic (exact) mass is 291 g/mol.